The van der Waals surface area contributed by atoms with Gasteiger partial charge in [0.15, 0.2) is 0 Å². The summed E-state index contributed by atoms with van der Waals surface area (Å²) in [6, 6.07) is 7.07. The molecule has 1 aromatic heterocycles. The van der Waals surface area contributed by atoms with E-state index in [-0.39, 0.29) is 37.5 Å². The lowest BCUT2D eigenvalue weighted by molar-refractivity contribution is -0.348. The van der Waals surface area contributed by atoms with Gasteiger partial charge < -0.3 is 4.90 Å². The van der Waals surface area contributed by atoms with E-state index in [2.05, 4.69) is 37.1 Å². The molecule has 3 rings (SSSR count). The Morgan fingerprint density at radius 2 is 1.41 bits per heavy atom. The van der Waals surface area contributed by atoms with Gasteiger partial charge in [0.1, 0.15) is 4.60 Å². The van der Waals surface area contributed by atoms with Crippen LogP contribution in [0.1, 0.15) is 31.8 Å². The van der Waals surface area contributed by atoms with Gasteiger partial charge in [0.25, 0.3) is 11.8 Å². The first kappa shape index (κ1) is 32.3. The van der Waals surface area contributed by atoms with Crippen LogP contribution in [0.4, 0.5) is 55.3 Å². The minimum absolute atomic E-state index is 0.0847. The number of carbonyl (C=O) groups is 2. The second-order valence-electron chi connectivity index (χ2n) is 8.23. The number of hydrogen-bond donors (Lipinski definition) is 0. The standard InChI is InChI=1S/C24H13Br2F10N3O2/c1-38(20(41)15-6-3-9-37-18(15)25)14-5-2-4-12(10-14)19(40)39(26)17-8-7-13(11-16(17)22(28,29)30)21(27,23(31,32)33)24(34,35)36/h2-11H,1H3. The van der Waals surface area contributed by atoms with E-state index < -0.39 is 58.9 Å². The Labute approximate surface area is 241 Å². The average molecular weight is 725 g/mol. The number of rotatable bonds is 5. The lowest BCUT2D eigenvalue weighted by Crippen LogP contribution is -2.50. The molecule has 0 atom stereocenters. The first-order valence-corrected chi connectivity index (χ1v) is 12.2. The predicted molar refractivity (Wildman–Crippen MR) is 133 cm³/mol. The summed E-state index contributed by atoms with van der Waals surface area (Å²) >= 11 is 5.69. The maximum atomic E-state index is 14.4. The van der Waals surface area contributed by atoms with E-state index in [1.165, 1.54) is 37.5 Å². The predicted octanol–water partition coefficient (Wildman–Crippen LogP) is 8.39. The quantitative estimate of drug-likeness (QED) is 0.151. The second kappa shape index (κ2) is 11.2. The van der Waals surface area contributed by atoms with Gasteiger partial charge in [-0.2, -0.15) is 39.5 Å². The maximum Gasteiger partial charge on any atom is 0.435 e. The monoisotopic (exact) mass is 723 g/mol. The molecule has 5 nitrogen and oxygen atoms in total. The van der Waals surface area contributed by atoms with Crippen molar-refractivity contribution in [2.45, 2.75) is 24.2 Å². The minimum atomic E-state index is -6.66. The molecule has 1 heterocycles. The zero-order valence-corrected chi connectivity index (χ0v) is 23.1. The van der Waals surface area contributed by atoms with Crippen LogP contribution < -0.4 is 8.83 Å². The Kier molecular flexibility index (Phi) is 8.85. The van der Waals surface area contributed by atoms with E-state index in [0.717, 1.165) is 17.0 Å². The summed E-state index contributed by atoms with van der Waals surface area (Å²) in [5.74, 6) is -1.85. The van der Waals surface area contributed by atoms with Crippen LogP contribution in [0.25, 0.3) is 0 Å². The average Bonchev–Trinajstić information content (AvgIpc) is 2.89. The summed E-state index contributed by atoms with van der Waals surface area (Å²) in [4.78, 5) is 30.9. The summed E-state index contributed by atoms with van der Waals surface area (Å²) in [5.41, 5.74) is -12.0. The Balaban J connectivity index is 2.04. The summed E-state index contributed by atoms with van der Waals surface area (Å²) in [6.07, 6.45) is -17.5. The lowest BCUT2D eigenvalue weighted by atomic mass is 9.92. The smallest absolute Gasteiger partial charge is 0.311 e. The third kappa shape index (κ3) is 6.19. The normalized spacial score (nSPS) is 12.7. The number of amides is 2. The molecule has 3 aromatic rings. The molecule has 0 bridgehead atoms. The third-order valence-corrected chi connectivity index (χ3v) is 6.98. The van der Waals surface area contributed by atoms with Crippen molar-refractivity contribution in [1.82, 2.24) is 4.98 Å². The molecule has 0 saturated carbocycles. The molecule has 0 aliphatic carbocycles. The van der Waals surface area contributed by atoms with Gasteiger partial charge in [0.2, 0.25) is 0 Å². The molecule has 0 unspecified atom stereocenters. The van der Waals surface area contributed by atoms with Crippen LogP contribution in [-0.2, 0) is 11.8 Å². The van der Waals surface area contributed by atoms with Crippen molar-refractivity contribution in [2.75, 3.05) is 15.9 Å². The van der Waals surface area contributed by atoms with Crippen LogP contribution in [0.5, 0.6) is 0 Å². The molecule has 17 heteroatoms. The van der Waals surface area contributed by atoms with E-state index >= 15 is 0 Å². The molecule has 220 valence electrons. The highest BCUT2D eigenvalue weighted by atomic mass is 79.9. The Hall–Kier alpha value is -3.21. The highest BCUT2D eigenvalue weighted by Crippen LogP contribution is 2.54. The van der Waals surface area contributed by atoms with Gasteiger partial charge in [-0.1, -0.05) is 12.1 Å². The van der Waals surface area contributed by atoms with Crippen LogP contribution in [0.3, 0.4) is 0 Å². The topological polar surface area (TPSA) is 53.5 Å². The fourth-order valence-corrected chi connectivity index (χ4v) is 4.48. The van der Waals surface area contributed by atoms with E-state index in [1.54, 1.807) is 0 Å². The van der Waals surface area contributed by atoms with Gasteiger partial charge in [-0.25, -0.2) is 13.3 Å². The largest absolute Gasteiger partial charge is 0.435 e. The zero-order valence-electron chi connectivity index (χ0n) is 20.0. The maximum absolute atomic E-state index is 14.4. The molecule has 0 fully saturated rings. The van der Waals surface area contributed by atoms with Crippen molar-refractivity contribution in [1.29, 1.82) is 0 Å². The van der Waals surface area contributed by atoms with Crippen molar-refractivity contribution >= 4 is 55.3 Å². The van der Waals surface area contributed by atoms with Crippen LogP contribution in [0.15, 0.2) is 65.4 Å². The molecule has 0 aliphatic heterocycles. The highest BCUT2D eigenvalue weighted by molar-refractivity contribution is 9.10. The molecule has 0 spiro atoms. The van der Waals surface area contributed by atoms with Gasteiger partial charge in [0.05, 0.1) is 33.0 Å². The van der Waals surface area contributed by atoms with E-state index in [9.17, 15) is 53.5 Å². The molecule has 0 aliphatic rings. The molecule has 41 heavy (non-hydrogen) atoms. The minimum Gasteiger partial charge on any atom is -0.311 e. The number of nitrogens with zero attached hydrogens (tertiary/aromatic N) is 3. The van der Waals surface area contributed by atoms with E-state index in [4.69, 9.17) is 0 Å². The Morgan fingerprint density at radius 3 is 1.95 bits per heavy atom. The first-order valence-electron chi connectivity index (χ1n) is 10.7. The van der Waals surface area contributed by atoms with Gasteiger partial charge in [0, 0.05) is 30.1 Å². The summed E-state index contributed by atoms with van der Waals surface area (Å²) < 4.78 is 135. The first-order chi connectivity index (χ1) is 18.7. The number of anilines is 2. The third-order valence-electron chi connectivity index (χ3n) is 5.65. The van der Waals surface area contributed by atoms with Gasteiger partial charge in [-0.05, 0) is 58.4 Å². The van der Waals surface area contributed by atoms with Crippen molar-refractivity contribution in [3.05, 3.63) is 87.7 Å². The molecular weight excluding hydrogens is 712 g/mol. The molecule has 0 N–H and O–H groups in total. The summed E-state index contributed by atoms with van der Waals surface area (Å²) in [5, 5.41) is 0. The number of hydrogen-bond acceptors (Lipinski definition) is 3. The lowest BCUT2D eigenvalue weighted by Gasteiger charge is -2.31. The van der Waals surface area contributed by atoms with Crippen molar-refractivity contribution in [3.63, 3.8) is 0 Å². The SMILES string of the molecule is CN(C(=O)c1cccnc1Br)c1cccc(C(=O)N(Br)c2ccc(C(F)(C(F)(F)F)C(F)(F)F)cc2C(F)(F)F)c1. The second-order valence-corrected chi connectivity index (χ2v) is 9.69. The van der Waals surface area contributed by atoms with E-state index in [1.807, 2.05) is 0 Å². The fourth-order valence-electron chi connectivity index (χ4n) is 3.55. The highest BCUT2D eigenvalue weighted by Gasteiger charge is 2.73. The number of benzene rings is 2. The zero-order chi connectivity index (χ0) is 31.1. The van der Waals surface area contributed by atoms with Crippen molar-refractivity contribution in [2.24, 2.45) is 0 Å². The van der Waals surface area contributed by atoms with Crippen molar-refractivity contribution in [3.8, 4) is 0 Å². The van der Waals surface area contributed by atoms with Crippen LogP contribution in [0, 0.1) is 0 Å². The number of halogens is 12. The molecular formula is C24H13Br2F10N3O2. The summed E-state index contributed by atoms with van der Waals surface area (Å²) in [7, 11) is 1.32. The fraction of sp³-hybridized carbons (Fsp3) is 0.208. The van der Waals surface area contributed by atoms with Gasteiger partial charge in [-0.15, -0.1) is 0 Å². The Morgan fingerprint density at radius 1 is 0.805 bits per heavy atom. The van der Waals surface area contributed by atoms with Gasteiger partial charge >= 0.3 is 24.2 Å². The number of carbonyl (C=O) groups excluding carboxylic acids is 2. The van der Waals surface area contributed by atoms with Crippen LogP contribution >= 0.6 is 32.1 Å². The van der Waals surface area contributed by atoms with Crippen molar-refractivity contribution < 1.29 is 53.5 Å². The number of aromatic nitrogens is 1. The number of alkyl halides is 10. The van der Waals surface area contributed by atoms with Gasteiger partial charge in [-0.3, -0.25) is 9.59 Å². The molecule has 0 radical (unpaired) electrons. The van der Waals surface area contributed by atoms with Crippen LogP contribution in [-0.4, -0.2) is 36.2 Å². The Bertz CT molecular complexity index is 1460. The summed E-state index contributed by atoms with van der Waals surface area (Å²) in [6.45, 7) is 0. The van der Waals surface area contributed by atoms with E-state index in [0.29, 0.717) is 0 Å². The molecule has 2 aromatic carbocycles. The molecule has 2 amide bonds. The molecule has 0 saturated heterocycles. The van der Waals surface area contributed by atoms with Crippen LogP contribution in [0.2, 0.25) is 0 Å². The number of pyridine rings is 1.